The molecule has 0 amide bonds. The second kappa shape index (κ2) is 6.94. The Kier molecular flexibility index (Phi) is 6.33. The lowest BCUT2D eigenvalue weighted by Gasteiger charge is -1.92. The number of aliphatic hydroxyl groups is 1. The van der Waals surface area contributed by atoms with Gasteiger partial charge in [-0.2, -0.15) is 0 Å². The minimum atomic E-state index is -3.11. The molecule has 8 heteroatoms. The van der Waals surface area contributed by atoms with Crippen LogP contribution in [0, 0.1) is 0 Å². The summed E-state index contributed by atoms with van der Waals surface area (Å²) in [5, 5.41) is 9.43. The number of nitrogens with two attached hydrogens (primary N) is 1. The van der Waals surface area contributed by atoms with Crippen molar-refractivity contribution < 1.29 is 17.7 Å². The Bertz CT molecular complexity index is 585. The van der Waals surface area contributed by atoms with Crippen molar-refractivity contribution in [2.75, 3.05) is 5.73 Å². The Labute approximate surface area is 104 Å². The van der Waals surface area contributed by atoms with Crippen LogP contribution in [-0.2, 0) is 17.2 Å². The average molecular weight is 276 g/mol. The Morgan fingerprint density at radius 1 is 1.35 bits per heavy atom. The van der Waals surface area contributed by atoms with Crippen LogP contribution in [-0.4, -0.2) is 22.7 Å². The molecule has 0 aliphatic rings. The normalized spacial score (nSPS) is 9.00. The maximum Gasteiger partial charge on any atom is 0.425 e. The van der Waals surface area contributed by atoms with Gasteiger partial charge in [0.1, 0.15) is 0 Å². The van der Waals surface area contributed by atoms with E-state index in [1.807, 2.05) is 18.2 Å². The highest BCUT2D eigenvalue weighted by Crippen LogP contribution is 2.24. The van der Waals surface area contributed by atoms with Crippen LogP contribution in [0.1, 0.15) is 13.0 Å². The van der Waals surface area contributed by atoms with E-state index < -0.39 is 10.6 Å². The van der Waals surface area contributed by atoms with E-state index in [4.69, 9.17) is 23.5 Å². The second-order valence-electron chi connectivity index (χ2n) is 2.72. The first-order chi connectivity index (χ1) is 7.52. The summed E-state index contributed by atoms with van der Waals surface area (Å²) in [6, 6.07) is 5.62. The smallest absolute Gasteiger partial charge is 0.392 e. The molecule has 0 radical (unpaired) electrons. The zero-order chi connectivity index (χ0) is 12.1. The van der Waals surface area contributed by atoms with Crippen molar-refractivity contribution in [2.45, 2.75) is 14.0 Å². The van der Waals surface area contributed by atoms with E-state index in [1.54, 1.807) is 0 Å². The van der Waals surface area contributed by atoms with Crippen LogP contribution in [0.5, 0.6) is 0 Å². The summed E-state index contributed by atoms with van der Waals surface area (Å²) in [5.74, 6) is 0. The molecule has 0 saturated carbocycles. The van der Waals surface area contributed by atoms with E-state index in [9.17, 15) is 0 Å². The van der Waals surface area contributed by atoms with Crippen LogP contribution >= 0.6 is 11.3 Å². The standard InChI is InChI=1S/C8H8N2OS.CH4.O3S/c9-8-10-6-2-1-5(4-11)3-7(6)12-8;;1-4(2)3/h1-3,11H,4H2,(H2,9,10);1H4;. The van der Waals surface area contributed by atoms with Crippen molar-refractivity contribution >= 4 is 37.3 Å². The molecular weight excluding hydrogens is 264 g/mol. The summed E-state index contributed by atoms with van der Waals surface area (Å²) in [6.07, 6.45) is 0. The number of thiazole rings is 1. The van der Waals surface area contributed by atoms with Crippen molar-refractivity contribution in [3.05, 3.63) is 23.8 Å². The Hall–Kier alpha value is -1.51. The minimum Gasteiger partial charge on any atom is -0.392 e. The third-order valence-electron chi connectivity index (χ3n) is 1.65. The minimum absolute atomic E-state index is 0. The molecule has 6 nitrogen and oxygen atoms in total. The van der Waals surface area contributed by atoms with Crippen molar-refractivity contribution in [1.29, 1.82) is 0 Å². The first kappa shape index (κ1) is 15.5. The number of hydrogen-bond donors (Lipinski definition) is 2. The van der Waals surface area contributed by atoms with Gasteiger partial charge in [0, 0.05) is 0 Å². The van der Waals surface area contributed by atoms with Gasteiger partial charge in [0.25, 0.3) is 0 Å². The molecule has 1 aromatic carbocycles. The molecule has 0 bridgehead atoms. The molecule has 17 heavy (non-hydrogen) atoms. The van der Waals surface area contributed by atoms with E-state index >= 15 is 0 Å². The molecule has 2 aromatic rings. The number of anilines is 1. The van der Waals surface area contributed by atoms with Gasteiger partial charge in [0.15, 0.2) is 5.13 Å². The maximum absolute atomic E-state index is 8.86. The first-order valence-electron chi connectivity index (χ1n) is 4.05. The number of nitrogens with zero attached hydrogens (tertiary/aromatic N) is 1. The lowest BCUT2D eigenvalue weighted by atomic mass is 10.2. The molecule has 1 aromatic heterocycles. The summed E-state index contributed by atoms with van der Waals surface area (Å²) in [7, 11) is -3.11. The Morgan fingerprint density at radius 2 is 1.94 bits per heavy atom. The quantitative estimate of drug-likeness (QED) is 0.804. The number of rotatable bonds is 1. The SMILES string of the molecule is C.Nc1nc2ccc(CO)cc2s1.O=S(=O)=O. The van der Waals surface area contributed by atoms with Crippen LogP contribution in [0.2, 0.25) is 0 Å². The number of aliphatic hydroxyl groups excluding tert-OH is 1. The van der Waals surface area contributed by atoms with Gasteiger partial charge >= 0.3 is 10.6 Å². The topological polar surface area (TPSA) is 110 Å². The summed E-state index contributed by atoms with van der Waals surface area (Å²) in [5.41, 5.74) is 7.32. The van der Waals surface area contributed by atoms with Gasteiger partial charge in [-0.05, 0) is 17.7 Å². The zero-order valence-electron chi connectivity index (χ0n) is 7.95. The molecule has 2 rings (SSSR count). The predicted molar refractivity (Wildman–Crippen MR) is 66.4 cm³/mol. The molecule has 3 N–H and O–H groups in total. The highest BCUT2D eigenvalue weighted by molar-refractivity contribution is 7.59. The summed E-state index contributed by atoms with van der Waals surface area (Å²) in [4.78, 5) is 4.10. The second-order valence-corrected chi connectivity index (χ2v) is 4.19. The van der Waals surface area contributed by atoms with Gasteiger partial charge in [-0.15, -0.1) is 12.6 Å². The number of hydrogen-bond acceptors (Lipinski definition) is 7. The fourth-order valence-corrected chi connectivity index (χ4v) is 1.88. The van der Waals surface area contributed by atoms with Crippen molar-refractivity contribution in [2.24, 2.45) is 0 Å². The van der Waals surface area contributed by atoms with E-state index in [1.165, 1.54) is 11.3 Å². The highest BCUT2D eigenvalue weighted by atomic mass is 32.2. The van der Waals surface area contributed by atoms with Gasteiger partial charge in [-0.1, -0.05) is 24.8 Å². The van der Waals surface area contributed by atoms with Crippen LogP contribution < -0.4 is 5.73 Å². The van der Waals surface area contributed by atoms with Gasteiger partial charge in [0.2, 0.25) is 0 Å². The zero-order valence-corrected chi connectivity index (χ0v) is 9.59. The number of benzene rings is 1. The lowest BCUT2D eigenvalue weighted by molar-refractivity contribution is 0.282. The molecular formula is C9H12N2O4S2. The number of fused-ring (bicyclic) bond motifs is 1. The molecule has 0 aliphatic carbocycles. The number of aromatic nitrogens is 1. The highest BCUT2D eigenvalue weighted by Gasteiger charge is 2.00. The molecule has 0 fully saturated rings. The van der Waals surface area contributed by atoms with Crippen LogP contribution in [0.3, 0.4) is 0 Å². The van der Waals surface area contributed by atoms with Crippen LogP contribution in [0.25, 0.3) is 10.2 Å². The lowest BCUT2D eigenvalue weighted by Crippen LogP contribution is -1.81. The third-order valence-corrected chi connectivity index (χ3v) is 2.50. The molecule has 1 heterocycles. The van der Waals surface area contributed by atoms with E-state index in [0.717, 1.165) is 15.8 Å². The summed E-state index contributed by atoms with van der Waals surface area (Å²) in [6.45, 7) is 0.0632. The maximum atomic E-state index is 8.86. The monoisotopic (exact) mass is 276 g/mol. The molecule has 94 valence electrons. The molecule has 0 saturated heterocycles. The molecule has 0 spiro atoms. The first-order valence-corrected chi connectivity index (χ1v) is 5.87. The van der Waals surface area contributed by atoms with E-state index in [2.05, 4.69) is 4.98 Å². The fourth-order valence-electron chi connectivity index (χ4n) is 1.09. The van der Waals surface area contributed by atoms with Crippen molar-refractivity contribution in [1.82, 2.24) is 4.98 Å². The van der Waals surface area contributed by atoms with E-state index in [0.29, 0.717) is 5.13 Å². The van der Waals surface area contributed by atoms with Gasteiger partial charge in [-0.3, -0.25) is 0 Å². The Balaban J connectivity index is 0.000000453. The van der Waals surface area contributed by atoms with Crippen LogP contribution in [0.4, 0.5) is 5.13 Å². The summed E-state index contributed by atoms with van der Waals surface area (Å²) < 4.78 is 26.4. The molecule has 0 aliphatic heterocycles. The summed E-state index contributed by atoms with van der Waals surface area (Å²) >= 11 is 1.44. The third kappa shape index (κ3) is 4.89. The Morgan fingerprint density at radius 3 is 2.47 bits per heavy atom. The van der Waals surface area contributed by atoms with Crippen LogP contribution in [0.15, 0.2) is 18.2 Å². The van der Waals surface area contributed by atoms with Gasteiger partial charge in [-0.25, -0.2) is 4.98 Å². The average Bonchev–Trinajstić information content (AvgIpc) is 2.55. The van der Waals surface area contributed by atoms with Crippen molar-refractivity contribution in [3.8, 4) is 0 Å². The van der Waals surface area contributed by atoms with Gasteiger partial charge < -0.3 is 10.8 Å². The predicted octanol–water partition coefficient (Wildman–Crippen LogP) is 1.00. The van der Waals surface area contributed by atoms with Crippen molar-refractivity contribution in [3.63, 3.8) is 0 Å². The number of nitrogen functional groups attached to an aromatic ring is 1. The fraction of sp³-hybridized carbons (Fsp3) is 0.222. The molecule has 0 atom stereocenters. The van der Waals surface area contributed by atoms with Gasteiger partial charge in [0.05, 0.1) is 16.8 Å². The molecule has 0 unspecified atom stereocenters. The van der Waals surface area contributed by atoms with E-state index in [-0.39, 0.29) is 14.0 Å². The largest absolute Gasteiger partial charge is 0.425 e.